The lowest BCUT2D eigenvalue weighted by atomic mass is 9.95. The fourth-order valence-corrected chi connectivity index (χ4v) is 2.07. The van der Waals surface area contributed by atoms with Gasteiger partial charge < -0.3 is 14.5 Å². The van der Waals surface area contributed by atoms with Crippen molar-refractivity contribution in [2.24, 2.45) is 0 Å². The van der Waals surface area contributed by atoms with Crippen LogP contribution in [-0.4, -0.2) is 35.8 Å². The second-order valence-corrected chi connectivity index (χ2v) is 5.87. The van der Waals surface area contributed by atoms with E-state index in [0.717, 1.165) is 25.7 Å². The van der Waals surface area contributed by atoms with Gasteiger partial charge in [-0.1, -0.05) is 19.3 Å². The molecule has 1 saturated carbocycles. The van der Waals surface area contributed by atoms with E-state index >= 15 is 0 Å². The summed E-state index contributed by atoms with van der Waals surface area (Å²) in [5.41, 5.74) is 1.39. The minimum Gasteiger partial charge on any atom is -0.442 e. The van der Waals surface area contributed by atoms with Crippen LogP contribution in [0.1, 0.15) is 52.9 Å². The van der Waals surface area contributed by atoms with Gasteiger partial charge in [-0.25, -0.2) is 9.59 Å². The van der Waals surface area contributed by atoms with E-state index in [1.807, 2.05) is 5.48 Å². The van der Waals surface area contributed by atoms with Crippen molar-refractivity contribution in [3.8, 4) is 0 Å². The van der Waals surface area contributed by atoms with Crippen molar-refractivity contribution in [2.75, 3.05) is 7.05 Å². The topological polar surface area (TPSA) is 67.9 Å². The fourth-order valence-electron chi connectivity index (χ4n) is 2.07. The molecule has 0 aromatic heterocycles. The summed E-state index contributed by atoms with van der Waals surface area (Å²) in [5.74, 6) is 0. The Labute approximate surface area is 114 Å². The molecule has 110 valence electrons. The molecule has 0 radical (unpaired) electrons. The molecule has 19 heavy (non-hydrogen) atoms. The number of nitrogens with zero attached hydrogens (tertiary/aromatic N) is 1. The van der Waals surface area contributed by atoms with Crippen molar-refractivity contribution in [1.82, 2.24) is 10.4 Å². The maximum absolute atomic E-state index is 11.7. The van der Waals surface area contributed by atoms with Crippen LogP contribution in [0.4, 0.5) is 9.59 Å². The highest BCUT2D eigenvalue weighted by Gasteiger charge is 2.24. The highest BCUT2D eigenvalue weighted by molar-refractivity contribution is 5.72. The molecule has 2 amide bonds. The van der Waals surface area contributed by atoms with Crippen molar-refractivity contribution >= 4 is 12.2 Å². The fraction of sp³-hybridized carbons (Fsp3) is 0.846. The lowest BCUT2D eigenvalue weighted by Gasteiger charge is -2.30. The minimum atomic E-state index is -0.766. The standard InChI is InChI=1S/C13H24N2O4/c1-13(2,3)18-11(16)14-19-12(17)15(4)10-8-6-5-7-9-10/h10H,5-9H2,1-4H3,(H,14,16). The van der Waals surface area contributed by atoms with Crippen LogP contribution in [0.25, 0.3) is 0 Å². The summed E-state index contributed by atoms with van der Waals surface area (Å²) in [6.45, 7) is 5.22. The monoisotopic (exact) mass is 272 g/mol. The molecule has 0 atom stereocenters. The quantitative estimate of drug-likeness (QED) is 0.745. The number of carbonyl (C=O) groups excluding carboxylic acids is 2. The normalized spacial score (nSPS) is 16.6. The molecule has 1 rings (SSSR count). The number of amides is 2. The van der Waals surface area contributed by atoms with Crippen LogP contribution in [0.3, 0.4) is 0 Å². The van der Waals surface area contributed by atoms with Crippen molar-refractivity contribution < 1.29 is 19.2 Å². The molecule has 0 aromatic rings. The molecule has 1 fully saturated rings. The van der Waals surface area contributed by atoms with Gasteiger partial charge in [0.1, 0.15) is 5.60 Å². The first kappa shape index (κ1) is 15.6. The third-order valence-corrected chi connectivity index (χ3v) is 3.03. The SMILES string of the molecule is CN(C(=O)ONC(=O)OC(C)(C)C)C1CCCCC1. The Morgan fingerprint density at radius 3 is 2.26 bits per heavy atom. The number of nitrogens with one attached hydrogen (secondary N) is 1. The largest absolute Gasteiger partial charge is 0.442 e. The summed E-state index contributed by atoms with van der Waals surface area (Å²) < 4.78 is 4.97. The van der Waals surface area contributed by atoms with Crippen LogP contribution < -0.4 is 5.48 Å². The third-order valence-electron chi connectivity index (χ3n) is 3.03. The molecule has 0 heterocycles. The van der Waals surface area contributed by atoms with Gasteiger partial charge in [0, 0.05) is 13.1 Å². The predicted molar refractivity (Wildman–Crippen MR) is 70.5 cm³/mol. The molecule has 6 nitrogen and oxygen atoms in total. The van der Waals surface area contributed by atoms with Crippen LogP contribution in [0.15, 0.2) is 0 Å². The maximum Gasteiger partial charge on any atom is 0.441 e. The number of ether oxygens (including phenoxy) is 1. The number of hydrogen-bond acceptors (Lipinski definition) is 4. The summed E-state index contributed by atoms with van der Waals surface area (Å²) in [4.78, 5) is 29.3. The Bertz CT molecular complexity index is 319. The van der Waals surface area contributed by atoms with Gasteiger partial charge in [0.2, 0.25) is 0 Å². The summed E-state index contributed by atoms with van der Waals surface area (Å²) in [5, 5.41) is 0. The van der Waals surface area contributed by atoms with Crippen LogP contribution in [-0.2, 0) is 9.57 Å². The molecule has 1 aliphatic carbocycles. The second kappa shape index (κ2) is 6.63. The molecular weight excluding hydrogens is 248 g/mol. The molecule has 0 spiro atoms. The molecule has 0 saturated heterocycles. The van der Waals surface area contributed by atoms with Gasteiger partial charge in [-0.2, -0.15) is 0 Å². The van der Waals surface area contributed by atoms with Gasteiger partial charge >= 0.3 is 12.2 Å². The van der Waals surface area contributed by atoms with Crippen LogP contribution in [0.5, 0.6) is 0 Å². The lowest BCUT2D eigenvalue weighted by Crippen LogP contribution is -2.42. The molecule has 0 aliphatic heterocycles. The van der Waals surface area contributed by atoms with Gasteiger partial charge in [0.05, 0.1) is 0 Å². The number of hydrogen-bond donors (Lipinski definition) is 1. The highest BCUT2D eigenvalue weighted by Crippen LogP contribution is 2.21. The van der Waals surface area contributed by atoms with Gasteiger partial charge in [0.15, 0.2) is 0 Å². The molecule has 1 N–H and O–H groups in total. The lowest BCUT2D eigenvalue weighted by molar-refractivity contribution is 0.00352. The van der Waals surface area contributed by atoms with Gasteiger partial charge in [0.25, 0.3) is 0 Å². The van der Waals surface area contributed by atoms with Gasteiger partial charge in [-0.15, -0.1) is 5.48 Å². The van der Waals surface area contributed by atoms with Crippen molar-refractivity contribution in [2.45, 2.75) is 64.5 Å². The summed E-state index contributed by atoms with van der Waals surface area (Å²) in [6, 6.07) is 0.196. The Kier molecular flexibility index (Phi) is 5.44. The molecule has 1 aliphatic rings. The van der Waals surface area contributed by atoms with E-state index in [0.29, 0.717) is 0 Å². The molecule has 6 heteroatoms. The summed E-state index contributed by atoms with van der Waals surface area (Å²) in [7, 11) is 1.69. The third kappa shape index (κ3) is 5.81. The first-order chi connectivity index (χ1) is 8.79. The van der Waals surface area contributed by atoms with E-state index in [2.05, 4.69) is 0 Å². The molecule has 0 aromatic carbocycles. The smallest absolute Gasteiger partial charge is 0.441 e. The van der Waals surface area contributed by atoms with Crippen molar-refractivity contribution in [1.29, 1.82) is 0 Å². The van der Waals surface area contributed by atoms with E-state index < -0.39 is 17.8 Å². The van der Waals surface area contributed by atoms with Crippen molar-refractivity contribution in [3.63, 3.8) is 0 Å². The van der Waals surface area contributed by atoms with Crippen LogP contribution in [0.2, 0.25) is 0 Å². The zero-order valence-electron chi connectivity index (χ0n) is 12.2. The average molecular weight is 272 g/mol. The van der Waals surface area contributed by atoms with E-state index in [9.17, 15) is 9.59 Å². The second-order valence-electron chi connectivity index (χ2n) is 5.87. The number of carbonyl (C=O) groups is 2. The highest BCUT2D eigenvalue weighted by atomic mass is 16.7. The van der Waals surface area contributed by atoms with Crippen LogP contribution in [0, 0.1) is 0 Å². The minimum absolute atomic E-state index is 0.196. The van der Waals surface area contributed by atoms with Gasteiger partial charge in [-0.3, -0.25) is 0 Å². The van der Waals surface area contributed by atoms with E-state index in [1.54, 1.807) is 27.8 Å². The Morgan fingerprint density at radius 2 is 1.74 bits per heavy atom. The summed E-state index contributed by atoms with van der Waals surface area (Å²) in [6.07, 6.45) is 4.12. The Hall–Kier alpha value is -1.46. The zero-order chi connectivity index (χ0) is 14.5. The average Bonchev–Trinajstić information content (AvgIpc) is 2.34. The Morgan fingerprint density at radius 1 is 1.16 bits per heavy atom. The van der Waals surface area contributed by atoms with Crippen LogP contribution >= 0.6 is 0 Å². The first-order valence-corrected chi connectivity index (χ1v) is 6.72. The predicted octanol–water partition coefficient (Wildman–Crippen LogP) is 2.83. The molecule has 0 bridgehead atoms. The first-order valence-electron chi connectivity index (χ1n) is 6.72. The molecular formula is C13H24N2O4. The van der Waals surface area contributed by atoms with Crippen molar-refractivity contribution in [3.05, 3.63) is 0 Å². The summed E-state index contributed by atoms with van der Waals surface area (Å²) >= 11 is 0. The van der Waals surface area contributed by atoms with E-state index in [-0.39, 0.29) is 6.04 Å². The van der Waals surface area contributed by atoms with E-state index in [1.165, 1.54) is 11.3 Å². The van der Waals surface area contributed by atoms with Gasteiger partial charge in [-0.05, 0) is 33.6 Å². The zero-order valence-corrected chi connectivity index (χ0v) is 12.2. The van der Waals surface area contributed by atoms with E-state index in [4.69, 9.17) is 9.57 Å². The number of rotatable bonds is 1. The number of hydroxylamine groups is 1. The Balaban J connectivity index is 2.32. The molecule has 0 unspecified atom stereocenters. The maximum atomic E-state index is 11.7.